The van der Waals surface area contributed by atoms with Crippen LogP contribution in [0, 0.1) is 0 Å². The summed E-state index contributed by atoms with van der Waals surface area (Å²) in [7, 11) is 1.69. The Kier molecular flexibility index (Phi) is 7.84. The van der Waals surface area contributed by atoms with Gasteiger partial charge in [0.05, 0.1) is 26.2 Å². The zero-order valence-corrected chi connectivity index (χ0v) is 21.5. The minimum atomic E-state index is -0.213. The maximum atomic E-state index is 14.5. The van der Waals surface area contributed by atoms with E-state index < -0.39 is 0 Å². The molecule has 0 bridgehead atoms. The predicted molar refractivity (Wildman–Crippen MR) is 146 cm³/mol. The van der Waals surface area contributed by atoms with Gasteiger partial charge in [0, 0.05) is 25.0 Å². The molecule has 2 aliphatic rings. The minimum Gasteiger partial charge on any atom is -0.497 e. The lowest BCUT2D eigenvalue weighted by molar-refractivity contribution is -0.123. The number of ether oxygens (including phenoxy) is 2. The molecule has 3 aromatic carbocycles. The number of fused-ring (bicyclic) bond motifs is 1. The molecule has 1 aliphatic carbocycles. The monoisotopic (exact) mass is 483 g/mol. The van der Waals surface area contributed by atoms with Crippen molar-refractivity contribution in [3.05, 3.63) is 89.5 Å². The average molecular weight is 484 g/mol. The summed E-state index contributed by atoms with van der Waals surface area (Å²) in [6, 6.07) is 23.0. The largest absolute Gasteiger partial charge is 0.497 e. The van der Waals surface area contributed by atoms with E-state index in [1.807, 2.05) is 18.2 Å². The van der Waals surface area contributed by atoms with Crippen LogP contribution in [0.3, 0.4) is 0 Å². The molecule has 1 fully saturated rings. The molecule has 36 heavy (non-hydrogen) atoms. The molecule has 0 saturated carbocycles. The highest BCUT2D eigenvalue weighted by molar-refractivity contribution is 5.94. The van der Waals surface area contributed by atoms with Gasteiger partial charge in [0.15, 0.2) is 0 Å². The van der Waals surface area contributed by atoms with Gasteiger partial charge in [0.1, 0.15) is 11.5 Å². The summed E-state index contributed by atoms with van der Waals surface area (Å²) >= 11 is 0. The number of benzene rings is 3. The number of hydrogen-bond acceptors (Lipinski definition) is 4. The fourth-order valence-corrected chi connectivity index (χ4v) is 5.88. The van der Waals surface area contributed by atoms with Gasteiger partial charge < -0.3 is 9.47 Å². The molecule has 0 spiro atoms. The van der Waals surface area contributed by atoms with Crippen LogP contribution >= 0.6 is 0 Å². The number of morpholine rings is 1. The van der Waals surface area contributed by atoms with Crippen molar-refractivity contribution in [1.82, 2.24) is 4.90 Å². The number of hydrogen-bond donors (Lipinski definition) is 0. The maximum Gasteiger partial charge on any atom is 0.149 e. The summed E-state index contributed by atoms with van der Waals surface area (Å²) in [6.07, 6.45) is 7.04. The number of rotatable bonds is 8. The number of ketones is 1. The second-order valence-electron chi connectivity index (χ2n) is 10.1. The Morgan fingerprint density at radius 2 is 1.67 bits per heavy atom. The van der Waals surface area contributed by atoms with Crippen molar-refractivity contribution in [2.24, 2.45) is 0 Å². The highest BCUT2D eigenvalue weighted by Gasteiger charge is 2.39. The van der Waals surface area contributed by atoms with Crippen molar-refractivity contribution in [3.8, 4) is 5.75 Å². The number of nitrogens with zero attached hydrogens (tertiary/aromatic N) is 1. The lowest BCUT2D eigenvalue weighted by atomic mass is 9.75. The van der Waals surface area contributed by atoms with Crippen LogP contribution in [0.25, 0.3) is 10.8 Å². The molecule has 1 aliphatic heterocycles. The van der Waals surface area contributed by atoms with Gasteiger partial charge in [-0.1, -0.05) is 73.2 Å². The Hall–Kier alpha value is -2.95. The van der Waals surface area contributed by atoms with Crippen LogP contribution in [0.4, 0.5) is 0 Å². The van der Waals surface area contributed by atoms with Crippen molar-refractivity contribution in [2.75, 3.05) is 33.4 Å². The zero-order chi connectivity index (χ0) is 24.9. The summed E-state index contributed by atoms with van der Waals surface area (Å²) in [6.45, 7) is 5.26. The van der Waals surface area contributed by atoms with Gasteiger partial charge in [0.25, 0.3) is 0 Å². The molecule has 0 amide bonds. The first kappa shape index (κ1) is 24.7. The SMILES string of the molecule is COc1ccc2cc([C@H](C)C(=O)[C@H](c3ccccc3)[C@H](C3=CCCCC3)N3CCOCC3)ccc2c1. The molecule has 0 radical (unpaired) electrons. The van der Waals surface area contributed by atoms with Crippen LogP contribution < -0.4 is 4.74 Å². The molecule has 1 heterocycles. The number of carbonyl (C=O) groups excluding carboxylic acids is 1. The minimum absolute atomic E-state index is 0.0799. The maximum absolute atomic E-state index is 14.5. The standard InChI is InChI=1S/C32H37NO3/c1-23(26-13-14-28-22-29(35-2)16-15-27(28)21-26)32(34)30(24-9-5-3-6-10-24)31(25-11-7-4-8-12-25)33-17-19-36-20-18-33/h3,5-6,9-11,13-16,21-23,30-31H,4,7-8,12,17-20H2,1-2H3/t23-,30+,31-/m0/s1. The smallest absolute Gasteiger partial charge is 0.149 e. The molecule has 3 aromatic rings. The van der Waals surface area contributed by atoms with E-state index in [2.05, 4.69) is 66.4 Å². The van der Waals surface area contributed by atoms with Crippen molar-refractivity contribution >= 4 is 16.6 Å². The van der Waals surface area contributed by atoms with E-state index in [0.29, 0.717) is 0 Å². The molecule has 4 heteroatoms. The highest BCUT2D eigenvalue weighted by atomic mass is 16.5. The molecule has 1 saturated heterocycles. The van der Waals surface area contributed by atoms with Gasteiger partial charge >= 0.3 is 0 Å². The molecular formula is C32H37NO3. The van der Waals surface area contributed by atoms with E-state index in [0.717, 1.165) is 66.8 Å². The van der Waals surface area contributed by atoms with E-state index in [1.54, 1.807) is 7.11 Å². The first-order valence-electron chi connectivity index (χ1n) is 13.3. The molecule has 0 unspecified atom stereocenters. The Labute approximate surface area is 214 Å². The van der Waals surface area contributed by atoms with Gasteiger partial charge in [-0.2, -0.15) is 0 Å². The van der Waals surface area contributed by atoms with E-state index in [9.17, 15) is 4.79 Å². The van der Waals surface area contributed by atoms with Gasteiger partial charge in [-0.05, 0) is 59.7 Å². The zero-order valence-electron chi connectivity index (χ0n) is 21.5. The molecule has 3 atom stereocenters. The average Bonchev–Trinajstić information content (AvgIpc) is 2.96. The Morgan fingerprint density at radius 1 is 0.917 bits per heavy atom. The predicted octanol–water partition coefficient (Wildman–Crippen LogP) is 6.51. The first-order valence-corrected chi connectivity index (χ1v) is 13.3. The fraction of sp³-hybridized carbons (Fsp3) is 0.406. The van der Waals surface area contributed by atoms with Crippen molar-refractivity contribution in [3.63, 3.8) is 0 Å². The summed E-state index contributed by atoms with van der Waals surface area (Å²) in [4.78, 5) is 17.0. The number of methoxy groups -OCH3 is 1. The molecular weight excluding hydrogens is 446 g/mol. The summed E-state index contributed by atoms with van der Waals surface area (Å²) in [5, 5.41) is 2.25. The van der Waals surface area contributed by atoms with Gasteiger partial charge in [-0.25, -0.2) is 0 Å². The van der Waals surface area contributed by atoms with Crippen LogP contribution in [-0.2, 0) is 9.53 Å². The van der Waals surface area contributed by atoms with Crippen LogP contribution in [0.15, 0.2) is 78.4 Å². The number of carbonyl (C=O) groups is 1. The molecule has 188 valence electrons. The van der Waals surface area contributed by atoms with Gasteiger partial charge in [-0.15, -0.1) is 0 Å². The van der Waals surface area contributed by atoms with Crippen molar-refractivity contribution in [2.45, 2.75) is 50.5 Å². The summed E-state index contributed by atoms with van der Waals surface area (Å²) in [5.74, 6) is 0.708. The molecule has 5 rings (SSSR count). The summed E-state index contributed by atoms with van der Waals surface area (Å²) < 4.78 is 11.1. The third-order valence-corrected chi connectivity index (χ3v) is 7.92. The van der Waals surface area contributed by atoms with E-state index >= 15 is 0 Å². The molecule has 4 nitrogen and oxygen atoms in total. The summed E-state index contributed by atoms with van der Waals surface area (Å²) in [5.41, 5.74) is 3.61. The van der Waals surface area contributed by atoms with Crippen LogP contribution in [0.5, 0.6) is 5.75 Å². The van der Waals surface area contributed by atoms with Crippen LogP contribution in [0.2, 0.25) is 0 Å². The topological polar surface area (TPSA) is 38.8 Å². The normalized spacial score (nSPS) is 19.3. The van der Waals surface area contributed by atoms with Crippen molar-refractivity contribution in [1.29, 1.82) is 0 Å². The first-order chi connectivity index (χ1) is 17.7. The molecule has 0 aromatic heterocycles. The number of Topliss-reactive ketones (excluding diaryl/α,β-unsaturated/α-hetero) is 1. The quantitative estimate of drug-likeness (QED) is 0.343. The molecule has 0 N–H and O–H groups in total. The van der Waals surface area contributed by atoms with Gasteiger partial charge in [-0.3, -0.25) is 9.69 Å². The van der Waals surface area contributed by atoms with E-state index in [1.165, 1.54) is 18.4 Å². The highest BCUT2D eigenvalue weighted by Crippen LogP contribution is 2.38. The van der Waals surface area contributed by atoms with E-state index in [4.69, 9.17) is 9.47 Å². The van der Waals surface area contributed by atoms with Crippen LogP contribution in [-0.4, -0.2) is 50.1 Å². The lowest BCUT2D eigenvalue weighted by Gasteiger charge is -2.41. The number of allylic oxidation sites excluding steroid dienone is 1. The van der Waals surface area contributed by atoms with Crippen LogP contribution in [0.1, 0.15) is 55.6 Å². The van der Waals surface area contributed by atoms with E-state index in [-0.39, 0.29) is 23.7 Å². The Morgan fingerprint density at radius 3 is 2.39 bits per heavy atom. The van der Waals surface area contributed by atoms with Gasteiger partial charge in [0.2, 0.25) is 0 Å². The second kappa shape index (κ2) is 11.4. The van der Waals surface area contributed by atoms with Crippen molar-refractivity contribution < 1.29 is 14.3 Å². The third-order valence-electron chi connectivity index (χ3n) is 7.92. The Bertz CT molecular complexity index is 1210. The lowest BCUT2D eigenvalue weighted by Crippen LogP contribution is -2.49. The second-order valence-corrected chi connectivity index (χ2v) is 10.1. The third kappa shape index (κ3) is 5.25. The fourth-order valence-electron chi connectivity index (χ4n) is 5.88. The Balaban J connectivity index is 1.54.